The number of nitrogens with zero attached hydrogens (tertiary/aromatic N) is 2. The van der Waals surface area contributed by atoms with Gasteiger partial charge in [0, 0.05) is 50.5 Å². The number of rotatable bonds is 3. The van der Waals surface area contributed by atoms with Gasteiger partial charge in [0.05, 0.1) is 25.1 Å². The quantitative estimate of drug-likeness (QED) is 0.424. The summed E-state index contributed by atoms with van der Waals surface area (Å²) in [5, 5.41) is 12.4. The lowest BCUT2D eigenvalue weighted by Gasteiger charge is -2.64. The van der Waals surface area contributed by atoms with E-state index < -0.39 is 22.9 Å². The van der Waals surface area contributed by atoms with Crippen molar-refractivity contribution in [3.8, 4) is 0 Å². The van der Waals surface area contributed by atoms with E-state index in [0.717, 1.165) is 37.7 Å². The topological polar surface area (TPSA) is 122 Å². The van der Waals surface area contributed by atoms with Crippen LogP contribution in [0.2, 0.25) is 0 Å². The second-order valence-corrected chi connectivity index (χ2v) is 14.3. The zero-order valence-electron chi connectivity index (χ0n) is 25.2. The second-order valence-electron chi connectivity index (χ2n) is 14.3. The Bertz CT molecular complexity index is 1310. The number of ether oxygens (including phenoxy) is 3. The maximum atomic E-state index is 13.3. The molecule has 10 nitrogen and oxygen atoms in total. The molecule has 3 heterocycles. The van der Waals surface area contributed by atoms with Gasteiger partial charge >= 0.3 is 17.6 Å². The van der Waals surface area contributed by atoms with Gasteiger partial charge in [0.15, 0.2) is 0 Å². The molecule has 0 unspecified atom stereocenters. The highest BCUT2D eigenvalue weighted by Gasteiger charge is 2.85. The third kappa shape index (κ3) is 3.76. The minimum atomic E-state index is -0.873. The Morgan fingerprint density at radius 2 is 1.76 bits per heavy atom. The van der Waals surface area contributed by atoms with Crippen LogP contribution >= 0.6 is 0 Å². The predicted molar refractivity (Wildman–Crippen MR) is 151 cm³/mol. The number of urea groups is 1. The van der Waals surface area contributed by atoms with Crippen molar-refractivity contribution in [1.29, 1.82) is 0 Å². The van der Waals surface area contributed by atoms with Crippen LogP contribution in [-0.4, -0.2) is 89.7 Å². The van der Waals surface area contributed by atoms with E-state index in [2.05, 4.69) is 13.8 Å². The van der Waals surface area contributed by atoms with E-state index in [1.54, 1.807) is 6.07 Å². The van der Waals surface area contributed by atoms with Gasteiger partial charge in [-0.15, -0.1) is 0 Å². The lowest BCUT2D eigenvalue weighted by molar-refractivity contribution is -0.218. The molecule has 6 fully saturated rings. The van der Waals surface area contributed by atoms with E-state index in [0.29, 0.717) is 39.1 Å². The number of fused-ring (bicyclic) bond motifs is 3. The van der Waals surface area contributed by atoms with Gasteiger partial charge in [-0.05, 0) is 73.8 Å². The summed E-state index contributed by atoms with van der Waals surface area (Å²) in [5.74, 6) is -0.0175. The van der Waals surface area contributed by atoms with E-state index >= 15 is 0 Å². The molecule has 2 aliphatic heterocycles. The van der Waals surface area contributed by atoms with Gasteiger partial charge in [-0.25, -0.2) is 9.59 Å². The molecule has 4 aliphatic carbocycles. The molecule has 7 rings (SSSR count). The molecule has 4 saturated carbocycles. The highest BCUT2D eigenvalue weighted by atomic mass is 16.7. The first kappa shape index (κ1) is 28.3. The molecule has 10 heteroatoms. The highest BCUT2D eigenvalue weighted by molar-refractivity contribution is 5.74. The maximum Gasteiger partial charge on any atom is 0.335 e. The number of morpholine rings is 1. The smallest absolute Gasteiger partial charge is 0.335 e. The van der Waals surface area contributed by atoms with Gasteiger partial charge in [0.25, 0.3) is 0 Å². The molecule has 1 aromatic heterocycles. The molecule has 0 aromatic carbocycles. The molecule has 1 spiro atoms. The minimum Gasteiger partial charge on any atom is -0.459 e. The number of carbonyl (C=O) groups excluding carboxylic acids is 2. The van der Waals surface area contributed by atoms with Gasteiger partial charge in [0.2, 0.25) is 0 Å². The Hall–Kier alpha value is -2.43. The van der Waals surface area contributed by atoms with Gasteiger partial charge in [-0.1, -0.05) is 13.8 Å². The number of carbonyl (C=O) groups is 2. The monoisotopic (exact) mass is 584 g/mol. The summed E-state index contributed by atoms with van der Waals surface area (Å²) in [7, 11) is 1.88. The fraction of sp³-hybridized carbons (Fsp3) is 0.781. The summed E-state index contributed by atoms with van der Waals surface area (Å²) >= 11 is 0. The Morgan fingerprint density at radius 3 is 2.45 bits per heavy atom. The summed E-state index contributed by atoms with van der Waals surface area (Å²) in [5.41, 5.74) is -1.49. The van der Waals surface area contributed by atoms with Crippen molar-refractivity contribution < 1.29 is 33.3 Å². The number of amides is 2. The molecular weight excluding hydrogens is 540 g/mol. The van der Waals surface area contributed by atoms with Crippen LogP contribution in [0.5, 0.6) is 0 Å². The first-order valence-corrected chi connectivity index (χ1v) is 15.7. The second kappa shape index (κ2) is 9.53. The molecule has 1 N–H and O–H groups in total. The van der Waals surface area contributed by atoms with Crippen LogP contribution in [0.1, 0.15) is 77.2 Å². The number of hydrogen-bond donors (Lipinski definition) is 1. The standard InChI is InChI=1S/C32H44N2O8/c1-19(35)41-26-25(20-5-6-24(36)40-18-20)30(3)11-8-22-23(32(30)27(26)42-32)9-12-31(38)17-21(7-10-29(22,31)2)33(4)28(37)34-13-15-39-16-14-34/h5-6,18,21-23,25-27,38H,7-17H2,1-4H3/t21-,22-,23+,25-,26+,27+,29+,30+,31-,32+/m0/s1. The predicted octanol–water partition coefficient (Wildman–Crippen LogP) is 3.31. The lowest BCUT2D eigenvalue weighted by Crippen LogP contribution is -2.66. The molecule has 0 radical (unpaired) electrons. The number of aliphatic hydroxyl groups is 1. The van der Waals surface area contributed by atoms with Gasteiger partial charge in [-0.2, -0.15) is 0 Å². The zero-order valence-corrected chi connectivity index (χ0v) is 25.2. The number of epoxide rings is 1. The third-order valence-corrected chi connectivity index (χ3v) is 12.7. The average Bonchev–Trinajstić information content (AvgIpc) is 3.67. The van der Waals surface area contributed by atoms with E-state index in [9.17, 15) is 19.5 Å². The van der Waals surface area contributed by atoms with Crippen LogP contribution in [0.25, 0.3) is 0 Å². The molecular formula is C32H44N2O8. The van der Waals surface area contributed by atoms with Crippen LogP contribution < -0.4 is 5.63 Å². The van der Waals surface area contributed by atoms with E-state index in [4.69, 9.17) is 18.6 Å². The Morgan fingerprint density at radius 1 is 1.05 bits per heavy atom. The van der Waals surface area contributed by atoms with Gasteiger partial charge < -0.3 is 33.5 Å². The lowest BCUT2D eigenvalue weighted by atomic mass is 9.42. The minimum absolute atomic E-state index is 0.0103. The summed E-state index contributed by atoms with van der Waals surface area (Å²) in [4.78, 5) is 41.1. The van der Waals surface area contributed by atoms with Crippen molar-refractivity contribution in [3.05, 3.63) is 34.4 Å². The Labute approximate surface area is 246 Å². The summed E-state index contributed by atoms with van der Waals surface area (Å²) in [6.45, 7) is 8.30. The summed E-state index contributed by atoms with van der Waals surface area (Å²) in [6.07, 6.45) is 6.38. The molecule has 6 aliphatic rings. The largest absolute Gasteiger partial charge is 0.459 e. The van der Waals surface area contributed by atoms with Gasteiger partial charge in [-0.3, -0.25) is 4.79 Å². The molecule has 42 heavy (non-hydrogen) atoms. The zero-order chi connectivity index (χ0) is 29.7. The van der Waals surface area contributed by atoms with Crippen molar-refractivity contribution in [2.45, 2.75) is 101 Å². The summed E-state index contributed by atoms with van der Waals surface area (Å²) in [6, 6.07) is 3.26. The molecule has 230 valence electrons. The van der Waals surface area contributed by atoms with E-state index in [1.807, 2.05) is 16.8 Å². The Balaban J connectivity index is 1.16. The molecule has 0 bridgehead atoms. The van der Waals surface area contributed by atoms with Crippen molar-refractivity contribution in [1.82, 2.24) is 9.80 Å². The maximum absolute atomic E-state index is 13.3. The van der Waals surface area contributed by atoms with Gasteiger partial charge in [0.1, 0.15) is 17.8 Å². The highest BCUT2D eigenvalue weighted by Crippen LogP contribution is 2.78. The third-order valence-electron chi connectivity index (χ3n) is 12.7. The molecule has 1 aromatic rings. The van der Waals surface area contributed by atoms with Crippen molar-refractivity contribution in [2.75, 3.05) is 33.4 Å². The van der Waals surface area contributed by atoms with Crippen molar-refractivity contribution in [2.24, 2.45) is 22.7 Å². The van der Waals surface area contributed by atoms with Crippen molar-refractivity contribution >= 4 is 12.0 Å². The van der Waals surface area contributed by atoms with Crippen LogP contribution in [-0.2, 0) is 19.0 Å². The van der Waals surface area contributed by atoms with Crippen molar-refractivity contribution in [3.63, 3.8) is 0 Å². The fourth-order valence-corrected chi connectivity index (χ4v) is 10.6. The first-order chi connectivity index (χ1) is 19.9. The Kier molecular flexibility index (Phi) is 6.43. The van der Waals surface area contributed by atoms with Crippen LogP contribution in [0, 0.1) is 22.7 Å². The SMILES string of the molecule is CC(=O)O[C@H]1[C@H]2O[C@]23[C@@H]2CC[C@]4(O)C[C@@H](N(C)C(=O)N5CCOCC5)CC[C@]4(C)[C@H]2CC[C@]3(C)[C@H]1c1ccc(=O)oc1. The average molecular weight is 585 g/mol. The fourth-order valence-electron chi connectivity index (χ4n) is 10.6. The van der Waals surface area contributed by atoms with E-state index in [-0.39, 0.29) is 52.7 Å². The van der Waals surface area contributed by atoms with Crippen LogP contribution in [0.3, 0.4) is 0 Å². The van der Waals surface area contributed by atoms with E-state index in [1.165, 1.54) is 19.3 Å². The normalized spacial score (nSPS) is 45.6. The molecule has 2 amide bonds. The number of hydrogen-bond acceptors (Lipinski definition) is 8. The van der Waals surface area contributed by atoms with Crippen LogP contribution in [0.4, 0.5) is 4.79 Å². The number of esters is 1. The molecule has 2 saturated heterocycles. The van der Waals surface area contributed by atoms with Crippen LogP contribution in [0.15, 0.2) is 27.6 Å². The first-order valence-electron chi connectivity index (χ1n) is 15.7. The molecule has 10 atom stereocenters. The summed E-state index contributed by atoms with van der Waals surface area (Å²) < 4.78 is 23.4.